The summed E-state index contributed by atoms with van der Waals surface area (Å²) in [5.74, 6) is -0.274. The molecule has 0 unspecified atom stereocenters. The lowest BCUT2D eigenvalue weighted by atomic mass is 10.1. The minimum atomic E-state index is -0.295. The molecule has 0 spiro atoms. The molecular weight excluding hydrogens is 354 g/mol. The Morgan fingerprint density at radius 2 is 1.69 bits per heavy atom. The fraction of sp³-hybridized carbons (Fsp3) is 0.316. The topological polar surface area (TPSA) is 73.5 Å². The summed E-state index contributed by atoms with van der Waals surface area (Å²) in [5.41, 5.74) is 1.47. The number of aromatic nitrogens is 1. The van der Waals surface area contributed by atoms with Gasteiger partial charge < -0.3 is 14.8 Å². The molecule has 0 bridgehead atoms. The van der Waals surface area contributed by atoms with Gasteiger partial charge in [-0.25, -0.2) is 0 Å². The van der Waals surface area contributed by atoms with Gasteiger partial charge in [-0.2, -0.15) is 0 Å². The third-order valence-corrected chi connectivity index (χ3v) is 4.73. The van der Waals surface area contributed by atoms with Crippen molar-refractivity contribution >= 4 is 23.4 Å². The van der Waals surface area contributed by atoms with Crippen LogP contribution in [0.25, 0.3) is 0 Å². The van der Waals surface area contributed by atoms with Crippen molar-refractivity contribution in [1.29, 1.82) is 0 Å². The smallest absolute Gasteiger partial charge is 0.259 e. The summed E-state index contributed by atoms with van der Waals surface area (Å²) >= 11 is 5.86. The molecule has 1 aromatic carbocycles. The third-order valence-electron chi connectivity index (χ3n) is 4.48. The van der Waals surface area contributed by atoms with Gasteiger partial charge in [0.2, 0.25) is 5.91 Å². The number of nitrogens with one attached hydrogen (secondary N) is 1. The van der Waals surface area contributed by atoms with Crippen molar-refractivity contribution in [3.8, 4) is 0 Å². The molecular formula is C19H20ClN3O3. The number of hydrogen-bond donors (Lipinski definition) is 1. The van der Waals surface area contributed by atoms with Gasteiger partial charge in [0.15, 0.2) is 5.43 Å². The molecule has 2 aromatic rings. The maximum absolute atomic E-state index is 12.5. The number of pyridine rings is 1. The van der Waals surface area contributed by atoms with Crippen LogP contribution in [0.3, 0.4) is 0 Å². The van der Waals surface area contributed by atoms with Crippen LogP contribution in [0.1, 0.15) is 21.6 Å². The zero-order valence-corrected chi connectivity index (χ0v) is 15.3. The monoisotopic (exact) mass is 373 g/mol. The van der Waals surface area contributed by atoms with E-state index in [1.165, 1.54) is 12.3 Å². The summed E-state index contributed by atoms with van der Waals surface area (Å²) in [4.78, 5) is 43.2. The highest BCUT2D eigenvalue weighted by Crippen LogP contribution is 2.12. The van der Waals surface area contributed by atoms with Crippen LogP contribution in [0.4, 0.5) is 0 Å². The van der Waals surface area contributed by atoms with E-state index in [-0.39, 0.29) is 22.8 Å². The Bertz CT molecular complexity index is 868. The van der Waals surface area contributed by atoms with E-state index in [2.05, 4.69) is 4.98 Å². The summed E-state index contributed by atoms with van der Waals surface area (Å²) in [6.07, 6.45) is 1.76. The number of halogens is 1. The number of benzene rings is 1. The first kappa shape index (κ1) is 18.2. The summed E-state index contributed by atoms with van der Waals surface area (Å²) in [6, 6.07) is 8.62. The van der Waals surface area contributed by atoms with Gasteiger partial charge in [-0.3, -0.25) is 14.4 Å². The molecule has 136 valence electrons. The first-order valence-corrected chi connectivity index (χ1v) is 8.82. The maximum atomic E-state index is 12.5. The highest BCUT2D eigenvalue weighted by Gasteiger charge is 2.26. The van der Waals surface area contributed by atoms with Crippen molar-refractivity contribution in [1.82, 2.24) is 14.8 Å². The third kappa shape index (κ3) is 4.14. The molecule has 2 amide bonds. The molecule has 0 radical (unpaired) electrons. The molecule has 1 aromatic heterocycles. The molecule has 0 aliphatic carbocycles. The van der Waals surface area contributed by atoms with E-state index >= 15 is 0 Å². The Balaban J connectivity index is 1.58. The molecule has 2 heterocycles. The van der Waals surface area contributed by atoms with Crippen LogP contribution >= 0.6 is 11.6 Å². The SMILES string of the molecule is Cc1cc(=O)c(C(=O)N2CCN(C(=O)Cc3ccc(Cl)cc3)CC2)c[nH]1. The van der Waals surface area contributed by atoms with E-state index in [0.29, 0.717) is 43.3 Å². The Kier molecular flexibility index (Phi) is 5.42. The van der Waals surface area contributed by atoms with Crippen LogP contribution in [-0.4, -0.2) is 52.8 Å². The van der Waals surface area contributed by atoms with Crippen LogP contribution in [0.5, 0.6) is 0 Å². The lowest BCUT2D eigenvalue weighted by Crippen LogP contribution is -2.51. The highest BCUT2D eigenvalue weighted by molar-refractivity contribution is 6.30. The molecule has 1 N–H and O–H groups in total. The van der Waals surface area contributed by atoms with Crippen molar-refractivity contribution in [2.24, 2.45) is 0 Å². The van der Waals surface area contributed by atoms with Gasteiger partial charge in [0.25, 0.3) is 5.91 Å². The fourth-order valence-corrected chi connectivity index (χ4v) is 3.08. The van der Waals surface area contributed by atoms with Crippen molar-refractivity contribution in [3.05, 3.63) is 68.6 Å². The first-order chi connectivity index (χ1) is 12.4. The number of carbonyl (C=O) groups excluding carboxylic acids is 2. The minimum Gasteiger partial charge on any atom is -0.364 e. The normalized spacial score (nSPS) is 14.4. The highest BCUT2D eigenvalue weighted by atomic mass is 35.5. The molecule has 7 heteroatoms. The van der Waals surface area contributed by atoms with Crippen LogP contribution in [0.15, 0.2) is 41.3 Å². The number of amides is 2. The van der Waals surface area contributed by atoms with Crippen LogP contribution in [-0.2, 0) is 11.2 Å². The van der Waals surface area contributed by atoms with Crippen LogP contribution in [0, 0.1) is 6.92 Å². The fourth-order valence-electron chi connectivity index (χ4n) is 2.96. The second-order valence-electron chi connectivity index (χ2n) is 6.37. The predicted molar refractivity (Wildman–Crippen MR) is 99.4 cm³/mol. The quantitative estimate of drug-likeness (QED) is 0.892. The Hall–Kier alpha value is -2.60. The van der Waals surface area contributed by atoms with Gasteiger partial charge >= 0.3 is 0 Å². The maximum Gasteiger partial charge on any atom is 0.259 e. The lowest BCUT2D eigenvalue weighted by molar-refractivity contribution is -0.131. The van der Waals surface area contributed by atoms with E-state index < -0.39 is 0 Å². The lowest BCUT2D eigenvalue weighted by Gasteiger charge is -2.34. The second-order valence-corrected chi connectivity index (χ2v) is 6.81. The molecule has 1 aliphatic heterocycles. The van der Waals surface area contributed by atoms with Crippen molar-refractivity contribution < 1.29 is 9.59 Å². The number of aromatic amines is 1. The Labute approximate surface area is 156 Å². The standard InChI is InChI=1S/C19H20ClN3O3/c1-13-10-17(24)16(12-21-13)19(26)23-8-6-22(7-9-23)18(25)11-14-2-4-15(20)5-3-14/h2-5,10,12H,6-9,11H2,1H3,(H,21,24). The van der Waals surface area contributed by atoms with Crippen LogP contribution < -0.4 is 5.43 Å². The molecule has 3 rings (SSSR count). The molecule has 26 heavy (non-hydrogen) atoms. The van der Waals surface area contributed by atoms with Crippen molar-refractivity contribution in [3.63, 3.8) is 0 Å². The number of nitrogens with zero attached hydrogens (tertiary/aromatic N) is 2. The Morgan fingerprint density at radius 3 is 2.31 bits per heavy atom. The van der Waals surface area contributed by atoms with E-state index in [0.717, 1.165) is 5.56 Å². The van der Waals surface area contributed by atoms with E-state index in [1.807, 2.05) is 12.1 Å². The summed E-state index contributed by atoms with van der Waals surface area (Å²) < 4.78 is 0. The number of carbonyl (C=O) groups is 2. The number of rotatable bonds is 3. The van der Waals surface area contributed by atoms with Gasteiger partial charge in [0, 0.05) is 49.2 Å². The van der Waals surface area contributed by atoms with Gasteiger partial charge in [-0.05, 0) is 24.6 Å². The molecule has 6 nitrogen and oxygen atoms in total. The second kappa shape index (κ2) is 7.74. The molecule has 1 aliphatic rings. The average Bonchev–Trinajstić information content (AvgIpc) is 2.63. The summed E-state index contributed by atoms with van der Waals surface area (Å²) in [7, 11) is 0. The zero-order valence-electron chi connectivity index (χ0n) is 14.5. The summed E-state index contributed by atoms with van der Waals surface area (Å²) in [6.45, 7) is 3.52. The molecule has 1 saturated heterocycles. The van der Waals surface area contributed by atoms with Gasteiger partial charge in [0.1, 0.15) is 5.56 Å². The molecule has 0 atom stereocenters. The zero-order chi connectivity index (χ0) is 18.7. The van der Waals surface area contributed by atoms with Gasteiger partial charge in [0.05, 0.1) is 6.42 Å². The van der Waals surface area contributed by atoms with E-state index in [1.54, 1.807) is 28.9 Å². The van der Waals surface area contributed by atoms with Crippen molar-refractivity contribution in [2.75, 3.05) is 26.2 Å². The number of hydrogen-bond acceptors (Lipinski definition) is 3. The van der Waals surface area contributed by atoms with Crippen LogP contribution in [0.2, 0.25) is 5.02 Å². The Morgan fingerprint density at radius 1 is 1.08 bits per heavy atom. The number of piperazine rings is 1. The number of aryl methyl sites for hydroxylation is 1. The van der Waals surface area contributed by atoms with Crippen molar-refractivity contribution in [2.45, 2.75) is 13.3 Å². The first-order valence-electron chi connectivity index (χ1n) is 8.45. The average molecular weight is 374 g/mol. The summed E-state index contributed by atoms with van der Waals surface area (Å²) in [5, 5.41) is 0.638. The largest absolute Gasteiger partial charge is 0.364 e. The van der Waals surface area contributed by atoms with Gasteiger partial charge in [-0.15, -0.1) is 0 Å². The number of H-pyrrole nitrogens is 1. The molecule has 1 fully saturated rings. The molecule has 0 saturated carbocycles. The predicted octanol–water partition coefficient (Wildman–Crippen LogP) is 1.86. The van der Waals surface area contributed by atoms with E-state index in [4.69, 9.17) is 11.6 Å². The van der Waals surface area contributed by atoms with Gasteiger partial charge in [-0.1, -0.05) is 23.7 Å². The van der Waals surface area contributed by atoms with E-state index in [9.17, 15) is 14.4 Å². The minimum absolute atomic E-state index is 0.0209.